The monoisotopic (exact) mass is 334 g/mol. The van der Waals surface area contributed by atoms with Crippen molar-refractivity contribution in [3.05, 3.63) is 34.3 Å². The molecule has 1 aliphatic heterocycles. The summed E-state index contributed by atoms with van der Waals surface area (Å²) in [4.78, 5) is 23.0. The van der Waals surface area contributed by atoms with Crippen LogP contribution in [-0.2, 0) is 18.3 Å². The number of thiazole rings is 1. The highest BCUT2D eigenvalue weighted by Crippen LogP contribution is 2.28. The van der Waals surface area contributed by atoms with Crippen LogP contribution in [0.15, 0.2) is 17.2 Å². The van der Waals surface area contributed by atoms with Gasteiger partial charge in [0.1, 0.15) is 5.69 Å². The summed E-state index contributed by atoms with van der Waals surface area (Å²) in [7, 11) is 2.00. The maximum absolute atomic E-state index is 12.6. The molecule has 0 aromatic carbocycles. The Kier molecular flexibility index (Phi) is 4.77. The van der Waals surface area contributed by atoms with Crippen molar-refractivity contribution in [3.63, 3.8) is 0 Å². The first kappa shape index (κ1) is 16.1. The number of nitrogens with zero attached hydrogens (tertiary/aromatic N) is 4. The quantitative estimate of drug-likeness (QED) is 0.842. The number of aromatic nitrogens is 3. The Labute approximate surface area is 140 Å². The van der Waals surface area contributed by atoms with E-state index in [4.69, 9.17) is 4.74 Å². The summed E-state index contributed by atoms with van der Waals surface area (Å²) in [6.07, 6.45) is 1.82. The minimum Gasteiger partial charge on any atom is -0.380 e. The number of fused-ring (bicyclic) bond motifs is 1. The summed E-state index contributed by atoms with van der Waals surface area (Å²) < 4.78 is 7.89. The minimum atomic E-state index is -0.0311. The van der Waals surface area contributed by atoms with Gasteiger partial charge in [-0.3, -0.25) is 4.79 Å². The molecule has 6 nitrogen and oxygen atoms in total. The third-order valence-electron chi connectivity index (χ3n) is 3.94. The second-order valence-corrected chi connectivity index (χ2v) is 7.09. The van der Waals surface area contributed by atoms with Gasteiger partial charge < -0.3 is 14.2 Å². The molecule has 0 radical (unpaired) electrons. The third kappa shape index (κ3) is 3.45. The highest BCUT2D eigenvalue weighted by molar-refractivity contribution is 7.07. The van der Waals surface area contributed by atoms with Gasteiger partial charge in [0.15, 0.2) is 0 Å². The standard InChI is InChI=1S/C16H22N4O2S/c1-11(2)6-22-7-12-4-20(16(21)14-8-23-10-18-14)5-13-15(12)19(3)9-17-13/h8-12H,4-7H2,1-3H3. The van der Waals surface area contributed by atoms with Gasteiger partial charge in [-0.1, -0.05) is 13.8 Å². The largest absolute Gasteiger partial charge is 0.380 e. The Balaban J connectivity index is 1.77. The lowest BCUT2D eigenvalue weighted by molar-refractivity contribution is 0.0588. The number of imidazole rings is 1. The van der Waals surface area contributed by atoms with Gasteiger partial charge in [-0.25, -0.2) is 9.97 Å². The second-order valence-electron chi connectivity index (χ2n) is 6.37. The Morgan fingerprint density at radius 2 is 2.30 bits per heavy atom. The zero-order valence-electron chi connectivity index (χ0n) is 13.7. The van der Waals surface area contributed by atoms with E-state index in [2.05, 4.69) is 23.8 Å². The maximum atomic E-state index is 12.6. The van der Waals surface area contributed by atoms with E-state index in [-0.39, 0.29) is 11.8 Å². The first-order valence-corrected chi connectivity index (χ1v) is 8.75. The van der Waals surface area contributed by atoms with Gasteiger partial charge in [-0.05, 0) is 5.92 Å². The second kappa shape index (κ2) is 6.80. The molecule has 2 aromatic heterocycles. The van der Waals surface area contributed by atoms with Crippen LogP contribution in [0.2, 0.25) is 0 Å². The highest BCUT2D eigenvalue weighted by Gasteiger charge is 2.32. The maximum Gasteiger partial charge on any atom is 0.273 e. The fraction of sp³-hybridized carbons (Fsp3) is 0.562. The van der Waals surface area contributed by atoms with E-state index < -0.39 is 0 Å². The molecule has 0 N–H and O–H groups in total. The molecular weight excluding hydrogens is 312 g/mol. The normalized spacial score (nSPS) is 17.6. The lowest BCUT2D eigenvalue weighted by Crippen LogP contribution is -2.40. The molecule has 7 heteroatoms. The van der Waals surface area contributed by atoms with E-state index in [9.17, 15) is 4.79 Å². The minimum absolute atomic E-state index is 0.0311. The van der Waals surface area contributed by atoms with Crippen LogP contribution in [0.4, 0.5) is 0 Å². The number of hydrogen-bond donors (Lipinski definition) is 0. The van der Waals surface area contributed by atoms with Crippen LogP contribution in [0.25, 0.3) is 0 Å². The number of rotatable bonds is 5. The summed E-state index contributed by atoms with van der Waals surface area (Å²) >= 11 is 1.44. The van der Waals surface area contributed by atoms with Crippen LogP contribution in [-0.4, -0.2) is 45.1 Å². The Bertz CT molecular complexity index is 666. The van der Waals surface area contributed by atoms with Crippen LogP contribution >= 0.6 is 11.3 Å². The van der Waals surface area contributed by atoms with Gasteiger partial charge in [0.25, 0.3) is 5.91 Å². The van der Waals surface area contributed by atoms with Crippen LogP contribution in [0.1, 0.15) is 41.6 Å². The molecule has 3 rings (SSSR count). The summed E-state index contributed by atoms with van der Waals surface area (Å²) in [5.74, 6) is 0.612. The number of ether oxygens (including phenoxy) is 1. The molecule has 124 valence electrons. The van der Waals surface area contributed by atoms with E-state index in [1.54, 1.807) is 10.9 Å². The third-order valence-corrected chi connectivity index (χ3v) is 4.53. The lowest BCUT2D eigenvalue weighted by Gasteiger charge is -2.32. The molecule has 1 atom stereocenters. The molecule has 0 bridgehead atoms. The molecule has 0 saturated heterocycles. The van der Waals surface area contributed by atoms with Crippen LogP contribution in [0, 0.1) is 5.92 Å². The molecule has 1 amide bonds. The van der Waals surface area contributed by atoms with Crippen molar-refractivity contribution in [1.29, 1.82) is 0 Å². The van der Waals surface area contributed by atoms with Crippen molar-refractivity contribution in [2.24, 2.45) is 13.0 Å². The van der Waals surface area contributed by atoms with Crippen LogP contribution in [0.3, 0.4) is 0 Å². The molecule has 1 unspecified atom stereocenters. The van der Waals surface area contributed by atoms with E-state index >= 15 is 0 Å². The molecule has 0 fully saturated rings. The van der Waals surface area contributed by atoms with Crippen molar-refractivity contribution in [1.82, 2.24) is 19.4 Å². The fourth-order valence-electron chi connectivity index (χ4n) is 2.94. The van der Waals surface area contributed by atoms with Gasteiger partial charge in [0.2, 0.25) is 0 Å². The van der Waals surface area contributed by atoms with Crippen molar-refractivity contribution < 1.29 is 9.53 Å². The summed E-state index contributed by atoms with van der Waals surface area (Å²) in [5, 5.41) is 1.79. The van der Waals surface area contributed by atoms with Gasteiger partial charge in [0.05, 0.1) is 30.7 Å². The fourth-order valence-corrected chi connectivity index (χ4v) is 3.47. The number of hydrogen-bond acceptors (Lipinski definition) is 5. The number of carbonyl (C=O) groups excluding carboxylic acids is 1. The van der Waals surface area contributed by atoms with E-state index in [1.807, 2.05) is 22.8 Å². The summed E-state index contributed by atoms with van der Waals surface area (Å²) in [6.45, 7) is 6.77. The van der Waals surface area contributed by atoms with Gasteiger partial charge >= 0.3 is 0 Å². The zero-order chi connectivity index (χ0) is 16.4. The number of carbonyl (C=O) groups is 1. The number of amides is 1. The van der Waals surface area contributed by atoms with E-state index in [0.717, 1.165) is 12.3 Å². The van der Waals surface area contributed by atoms with Crippen LogP contribution < -0.4 is 0 Å². The molecule has 1 aliphatic rings. The first-order chi connectivity index (χ1) is 11.1. The highest BCUT2D eigenvalue weighted by atomic mass is 32.1. The summed E-state index contributed by atoms with van der Waals surface area (Å²) in [6, 6.07) is 0. The molecule has 23 heavy (non-hydrogen) atoms. The average Bonchev–Trinajstić information content (AvgIpc) is 3.16. The molecular formula is C16H22N4O2S. The Morgan fingerprint density at radius 1 is 1.48 bits per heavy atom. The zero-order valence-corrected chi connectivity index (χ0v) is 14.5. The molecule has 3 heterocycles. The Hall–Kier alpha value is -1.73. The molecule has 0 spiro atoms. The number of aryl methyl sites for hydroxylation is 1. The predicted octanol–water partition coefficient (Wildman–Crippen LogP) is 2.29. The van der Waals surface area contributed by atoms with Gasteiger partial charge in [-0.2, -0.15) is 0 Å². The van der Waals surface area contributed by atoms with E-state index in [1.165, 1.54) is 17.0 Å². The lowest BCUT2D eigenvalue weighted by atomic mass is 9.98. The first-order valence-electron chi connectivity index (χ1n) is 7.81. The van der Waals surface area contributed by atoms with Gasteiger partial charge in [0, 0.05) is 37.2 Å². The molecule has 0 aliphatic carbocycles. The van der Waals surface area contributed by atoms with Crippen molar-refractivity contribution in [3.8, 4) is 0 Å². The summed E-state index contributed by atoms with van der Waals surface area (Å²) in [5.41, 5.74) is 4.33. The SMILES string of the molecule is CC(C)COCC1CN(C(=O)c2cscn2)Cc2ncn(C)c21. The van der Waals surface area contributed by atoms with Crippen LogP contribution in [0.5, 0.6) is 0 Å². The van der Waals surface area contributed by atoms with Crippen molar-refractivity contribution in [2.45, 2.75) is 26.3 Å². The smallest absolute Gasteiger partial charge is 0.273 e. The Morgan fingerprint density at radius 3 is 3.00 bits per heavy atom. The van der Waals surface area contributed by atoms with Gasteiger partial charge in [-0.15, -0.1) is 11.3 Å². The van der Waals surface area contributed by atoms with Crippen molar-refractivity contribution in [2.75, 3.05) is 19.8 Å². The topological polar surface area (TPSA) is 60.2 Å². The predicted molar refractivity (Wildman–Crippen MR) is 88.5 cm³/mol. The average molecular weight is 334 g/mol. The molecule has 0 saturated carbocycles. The molecule has 2 aromatic rings. The van der Waals surface area contributed by atoms with Crippen molar-refractivity contribution >= 4 is 17.2 Å². The van der Waals surface area contributed by atoms with E-state index in [0.29, 0.717) is 31.3 Å².